The minimum atomic E-state index is -2.84. The molecule has 0 saturated heterocycles. The molecular formula is Cl2O7S. The minimum Gasteiger partial charge on any atom is -0.319 e. The van der Waals surface area contributed by atoms with Gasteiger partial charge in [-0.2, -0.15) is 4.21 Å². The molecule has 0 rings (SSSR count). The molecule has 0 unspecified atom stereocenters. The molecule has 0 aromatic heterocycles. The Labute approximate surface area is 63.8 Å². The molecule has 10 heavy (non-hydrogen) atoms. The summed E-state index contributed by atoms with van der Waals surface area (Å²) in [7, 11) is -5.52. The van der Waals surface area contributed by atoms with E-state index in [2.05, 4.69) is 7.47 Å². The second-order valence-electron chi connectivity index (χ2n) is 0.708. The van der Waals surface area contributed by atoms with Crippen LogP contribution >= 0.6 is 0 Å². The molecule has 0 aromatic rings. The van der Waals surface area contributed by atoms with E-state index < -0.39 is 32.9 Å². The van der Waals surface area contributed by atoms with Gasteiger partial charge >= 0.3 is 32.9 Å². The molecule has 0 saturated carbocycles. The first kappa shape index (κ1) is 10.5. The average Bonchev–Trinajstić information content (AvgIpc) is 1.58. The number of halogens is 2. The molecule has 0 amide bonds. The van der Waals surface area contributed by atoms with Crippen LogP contribution in [0.25, 0.3) is 0 Å². The van der Waals surface area contributed by atoms with Gasteiger partial charge in [0, 0.05) is 0 Å². The van der Waals surface area contributed by atoms with Crippen molar-refractivity contribution in [1.29, 1.82) is 0 Å². The van der Waals surface area contributed by atoms with Crippen LogP contribution in [0.5, 0.6) is 0 Å². The average molecular weight is 215 g/mol. The third-order valence-corrected chi connectivity index (χ3v) is 1.85. The predicted molar refractivity (Wildman–Crippen MR) is 10.3 cm³/mol. The van der Waals surface area contributed by atoms with Crippen LogP contribution < -0.4 is 18.6 Å². The van der Waals surface area contributed by atoms with Crippen molar-refractivity contribution in [2.24, 2.45) is 0 Å². The lowest BCUT2D eigenvalue weighted by Gasteiger charge is -1.88. The summed E-state index contributed by atoms with van der Waals surface area (Å²) in [6.07, 6.45) is 0. The molecule has 0 radical (unpaired) electrons. The Bertz CT molecular complexity index is 98.2. The third-order valence-electron chi connectivity index (χ3n) is 0.206. The van der Waals surface area contributed by atoms with Crippen LogP contribution in [0.1, 0.15) is 0 Å². The second kappa shape index (κ2) is 5.18. The molecule has 0 aliphatic rings. The molecular weight excluding hydrogens is 215 g/mol. The van der Waals surface area contributed by atoms with Crippen molar-refractivity contribution in [1.82, 2.24) is 0 Å². The topological polar surface area (TPSA) is 128 Å². The molecule has 0 aromatic carbocycles. The maximum Gasteiger partial charge on any atom is 0.518 e. The smallest absolute Gasteiger partial charge is 0.319 e. The van der Waals surface area contributed by atoms with Gasteiger partial charge in [-0.05, 0) is 0 Å². The van der Waals surface area contributed by atoms with Crippen LogP contribution in [0.4, 0.5) is 0 Å². The van der Waals surface area contributed by atoms with Crippen molar-refractivity contribution in [3.63, 3.8) is 0 Å². The lowest BCUT2D eigenvalue weighted by atomic mass is 15.8. The maximum atomic E-state index is 9.93. The lowest BCUT2D eigenvalue weighted by Crippen LogP contribution is -2.39. The van der Waals surface area contributed by atoms with Gasteiger partial charge < -0.3 is 18.6 Å². The first-order valence-electron chi connectivity index (χ1n) is 1.43. The lowest BCUT2D eigenvalue weighted by molar-refractivity contribution is -1.63. The van der Waals surface area contributed by atoms with Crippen LogP contribution in [-0.4, -0.2) is 4.21 Å². The Morgan fingerprint density at radius 1 is 1.00 bits per heavy atom. The van der Waals surface area contributed by atoms with Crippen molar-refractivity contribution in [3.8, 4) is 0 Å². The summed E-state index contributed by atoms with van der Waals surface area (Å²) in [6, 6.07) is 0. The van der Waals surface area contributed by atoms with E-state index >= 15 is 0 Å². The van der Waals surface area contributed by atoms with Gasteiger partial charge in [-0.15, -0.1) is 0 Å². The van der Waals surface area contributed by atoms with E-state index in [9.17, 15) is 22.8 Å². The summed E-state index contributed by atoms with van der Waals surface area (Å²) in [5.41, 5.74) is 0. The molecule has 0 aliphatic carbocycles. The van der Waals surface area contributed by atoms with Crippen molar-refractivity contribution in [2.45, 2.75) is 0 Å². The van der Waals surface area contributed by atoms with E-state index in [4.69, 9.17) is 0 Å². The van der Waals surface area contributed by atoms with Gasteiger partial charge in [-0.3, -0.25) is 0 Å². The van der Waals surface area contributed by atoms with Gasteiger partial charge in [0.2, 0.25) is 0 Å². The zero-order chi connectivity index (χ0) is 8.15. The monoisotopic (exact) mass is 214 g/mol. The van der Waals surface area contributed by atoms with Crippen molar-refractivity contribution in [2.75, 3.05) is 0 Å². The van der Waals surface area contributed by atoms with Gasteiger partial charge in [-0.1, -0.05) is 0 Å². The van der Waals surface area contributed by atoms with E-state index in [0.717, 1.165) is 0 Å². The van der Waals surface area contributed by atoms with Crippen LogP contribution in [-0.2, 0) is 18.8 Å². The first-order valence-corrected chi connectivity index (χ1v) is 4.28. The highest BCUT2D eigenvalue weighted by Gasteiger charge is 2.28. The quantitative estimate of drug-likeness (QED) is 0.458. The van der Waals surface area contributed by atoms with Crippen molar-refractivity contribution < 1.29 is 51.9 Å². The minimum absolute atomic E-state index is 2.76. The third kappa shape index (κ3) is 6.61. The highest BCUT2D eigenvalue weighted by molar-refractivity contribution is 7.74. The summed E-state index contributed by atoms with van der Waals surface area (Å²) in [5.74, 6) is 0. The summed E-state index contributed by atoms with van der Waals surface area (Å²) < 4.78 is 54.3. The molecule has 10 heteroatoms. The number of hydrogen-bond donors (Lipinski definition) is 0. The fraction of sp³-hybridized carbons (Fsp3) is 0. The van der Waals surface area contributed by atoms with E-state index in [1.54, 1.807) is 0 Å². The molecule has 0 atom stereocenters. The highest BCUT2D eigenvalue weighted by atomic mass is 35.6. The van der Waals surface area contributed by atoms with Gasteiger partial charge in [0.25, 0.3) is 0 Å². The predicted octanol–water partition coefficient (Wildman–Crippen LogP) is -5.23. The molecule has 0 spiro atoms. The van der Waals surface area contributed by atoms with E-state index in [-0.39, 0.29) is 0 Å². The first-order chi connectivity index (χ1) is 4.52. The number of hydrogen-bond acceptors (Lipinski definition) is 7. The SMILES string of the molecule is O=S(O[Cl+2]([O-])[O-])O[Cl+2]([O-])[O-]. The maximum absolute atomic E-state index is 9.93. The Morgan fingerprint density at radius 2 is 1.30 bits per heavy atom. The number of rotatable bonds is 4. The zero-order valence-electron chi connectivity index (χ0n) is 4.02. The zero-order valence-corrected chi connectivity index (χ0v) is 6.35. The van der Waals surface area contributed by atoms with Gasteiger partial charge in [0.05, 0.1) is 0 Å². The van der Waals surface area contributed by atoms with Gasteiger partial charge in [0.15, 0.2) is 7.47 Å². The van der Waals surface area contributed by atoms with Crippen LogP contribution in [0.2, 0.25) is 0 Å². The molecule has 0 aliphatic heterocycles. The molecule has 0 heterocycles. The fourth-order valence-electron chi connectivity index (χ4n) is 0.0937. The summed E-state index contributed by atoms with van der Waals surface area (Å²) in [5, 5.41) is 0. The van der Waals surface area contributed by atoms with Gasteiger partial charge in [0.1, 0.15) is 0 Å². The van der Waals surface area contributed by atoms with Crippen molar-refractivity contribution in [3.05, 3.63) is 0 Å². The van der Waals surface area contributed by atoms with E-state index in [1.807, 2.05) is 0 Å². The molecule has 0 bridgehead atoms. The van der Waals surface area contributed by atoms with E-state index in [1.165, 1.54) is 0 Å². The van der Waals surface area contributed by atoms with Crippen LogP contribution in [0.15, 0.2) is 0 Å². The standard InChI is InChI=1S/Cl2O7S/c3-1(4)8-10(7)9-2(5)6. The summed E-state index contributed by atoms with van der Waals surface area (Å²) in [6.45, 7) is 0. The fourth-order valence-corrected chi connectivity index (χ4v) is 1.02. The summed E-state index contributed by atoms with van der Waals surface area (Å²) in [4.78, 5) is 0. The Kier molecular flexibility index (Phi) is 5.44. The van der Waals surface area contributed by atoms with Gasteiger partial charge in [-0.25, -0.2) is 0 Å². The Balaban J connectivity index is 3.44. The van der Waals surface area contributed by atoms with E-state index in [0.29, 0.717) is 0 Å². The van der Waals surface area contributed by atoms with Crippen molar-refractivity contribution >= 4 is 11.4 Å². The Hall–Kier alpha value is 0.490. The summed E-state index contributed by atoms with van der Waals surface area (Å²) >= 11 is -2.84. The second-order valence-corrected chi connectivity index (χ2v) is 2.88. The Morgan fingerprint density at radius 3 is 1.50 bits per heavy atom. The largest absolute Gasteiger partial charge is 0.518 e. The normalized spacial score (nSPS) is 11.9. The molecule has 7 nitrogen and oxygen atoms in total. The van der Waals surface area contributed by atoms with Crippen LogP contribution in [0.3, 0.4) is 0 Å². The highest BCUT2D eigenvalue weighted by Crippen LogP contribution is 1.91. The van der Waals surface area contributed by atoms with Crippen LogP contribution in [0, 0.1) is 21.6 Å². The molecule has 0 fully saturated rings. The molecule has 62 valence electrons. The molecule has 0 N–H and O–H groups in total.